The van der Waals surface area contributed by atoms with Gasteiger partial charge in [0.15, 0.2) is 12.4 Å². The predicted molar refractivity (Wildman–Crippen MR) is 133 cm³/mol. The first kappa shape index (κ1) is 27.8. The zero-order chi connectivity index (χ0) is 26.6. The van der Waals surface area contributed by atoms with Crippen LogP contribution in [0.15, 0.2) is 23.1 Å². The van der Waals surface area contributed by atoms with Crippen LogP contribution < -0.4 is 5.32 Å². The summed E-state index contributed by atoms with van der Waals surface area (Å²) in [6, 6.07) is 3.70. The molecule has 3 rings (SSSR count). The second kappa shape index (κ2) is 11.5. The third-order valence-corrected chi connectivity index (χ3v) is 9.07. The van der Waals surface area contributed by atoms with E-state index < -0.39 is 34.5 Å². The minimum absolute atomic E-state index is 0.0305. The van der Waals surface area contributed by atoms with Crippen molar-refractivity contribution < 1.29 is 37.1 Å². The Kier molecular flexibility index (Phi) is 8.88. The normalized spacial score (nSPS) is 13.9. The quantitative estimate of drug-likeness (QED) is 0.365. The van der Waals surface area contributed by atoms with Crippen LogP contribution in [0.4, 0.5) is 5.00 Å². The van der Waals surface area contributed by atoms with Crippen LogP contribution >= 0.6 is 22.9 Å². The molecule has 2 aromatic rings. The molecule has 1 aromatic carbocycles. The van der Waals surface area contributed by atoms with E-state index in [-0.39, 0.29) is 38.4 Å². The van der Waals surface area contributed by atoms with E-state index in [0.29, 0.717) is 23.5 Å². The van der Waals surface area contributed by atoms with Crippen LogP contribution in [0.3, 0.4) is 0 Å². The maximum atomic E-state index is 12.9. The number of sulfonamides is 1. The summed E-state index contributed by atoms with van der Waals surface area (Å²) in [5.74, 6) is -2.67. The molecule has 0 spiro atoms. The number of nitrogens with zero attached hydrogens (tertiary/aromatic N) is 1. The molecular formula is C23H25ClN2O8S2. The highest BCUT2D eigenvalue weighted by atomic mass is 35.5. The van der Waals surface area contributed by atoms with Gasteiger partial charge in [-0.25, -0.2) is 18.0 Å². The number of hydrogen-bond acceptors (Lipinski definition) is 9. The molecule has 1 aliphatic heterocycles. The largest absolute Gasteiger partial charge is 0.462 e. The van der Waals surface area contributed by atoms with Gasteiger partial charge in [-0.1, -0.05) is 11.6 Å². The lowest BCUT2D eigenvalue weighted by molar-refractivity contribution is -0.119. The maximum Gasteiger partial charge on any atom is 0.341 e. The molecule has 1 aliphatic rings. The minimum Gasteiger partial charge on any atom is -0.462 e. The third kappa shape index (κ3) is 5.94. The van der Waals surface area contributed by atoms with Crippen molar-refractivity contribution in [2.75, 3.05) is 31.6 Å². The van der Waals surface area contributed by atoms with Crippen molar-refractivity contribution in [1.82, 2.24) is 4.31 Å². The monoisotopic (exact) mass is 556 g/mol. The van der Waals surface area contributed by atoms with Crippen molar-refractivity contribution in [2.24, 2.45) is 0 Å². The van der Waals surface area contributed by atoms with E-state index in [9.17, 15) is 27.6 Å². The van der Waals surface area contributed by atoms with Gasteiger partial charge in [0.1, 0.15) is 9.90 Å². The van der Waals surface area contributed by atoms with Gasteiger partial charge in [-0.3, -0.25) is 9.59 Å². The molecular weight excluding hydrogens is 532 g/mol. The Morgan fingerprint density at radius 1 is 1.11 bits per heavy atom. The Morgan fingerprint density at radius 3 is 2.39 bits per heavy atom. The molecule has 36 heavy (non-hydrogen) atoms. The van der Waals surface area contributed by atoms with E-state index in [4.69, 9.17) is 21.1 Å². The van der Waals surface area contributed by atoms with Crippen LogP contribution in [0.1, 0.15) is 62.6 Å². The fraction of sp³-hybridized carbons (Fsp3) is 0.391. The molecule has 0 atom stereocenters. The van der Waals surface area contributed by atoms with Crippen molar-refractivity contribution in [3.63, 3.8) is 0 Å². The molecule has 10 nitrogen and oxygen atoms in total. The SMILES string of the molecule is CCOC(=O)c1c(NC(=O)COC(=O)c2ccc(Cl)c(S(=O)(=O)N3CCCC3)c2)sc(C(C)=O)c1C. The fourth-order valence-electron chi connectivity index (χ4n) is 3.66. The van der Waals surface area contributed by atoms with E-state index in [2.05, 4.69) is 5.32 Å². The first-order valence-corrected chi connectivity index (χ1v) is 13.7. The topological polar surface area (TPSA) is 136 Å². The second-order valence-corrected chi connectivity index (χ2v) is 11.3. The molecule has 1 N–H and O–H groups in total. The Hall–Kier alpha value is -2.80. The van der Waals surface area contributed by atoms with E-state index in [1.807, 2.05) is 0 Å². The molecule has 1 fully saturated rings. The number of amides is 1. The van der Waals surface area contributed by atoms with E-state index in [0.717, 1.165) is 30.2 Å². The second-order valence-electron chi connectivity index (χ2n) is 7.92. The van der Waals surface area contributed by atoms with Crippen molar-refractivity contribution in [3.05, 3.63) is 44.8 Å². The van der Waals surface area contributed by atoms with Crippen molar-refractivity contribution in [1.29, 1.82) is 0 Å². The van der Waals surface area contributed by atoms with Gasteiger partial charge in [0.25, 0.3) is 5.91 Å². The summed E-state index contributed by atoms with van der Waals surface area (Å²) in [6.07, 6.45) is 1.48. The van der Waals surface area contributed by atoms with Crippen molar-refractivity contribution >= 4 is 61.6 Å². The van der Waals surface area contributed by atoms with Gasteiger partial charge in [0.05, 0.1) is 27.6 Å². The molecule has 0 aliphatic carbocycles. The zero-order valence-corrected chi connectivity index (χ0v) is 22.3. The number of carbonyl (C=O) groups excluding carboxylic acids is 4. The highest BCUT2D eigenvalue weighted by Crippen LogP contribution is 2.34. The number of ether oxygens (including phenoxy) is 2. The number of nitrogens with one attached hydrogen (secondary N) is 1. The molecule has 1 saturated heterocycles. The number of ketones is 1. The summed E-state index contributed by atoms with van der Waals surface area (Å²) in [7, 11) is -3.88. The summed E-state index contributed by atoms with van der Waals surface area (Å²) in [6.45, 7) is 4.66. The molecule has 13 heteroatoms. The molecule has 194 valence electrons. The van der Waals surface area contributed by atoms with Crippen LogP contribution in [0, 0.1) is 6.92 Å². The van der Waals surface area contributed by atoms with Gasteiger partial charge in [0, 0.05) is 13.1 Å². The number of Topliss-reactive ketones (excluding diaryl/α,β-unsaturated/α-hetero) is 1. The lowest BCUT2D eigenvalue weighted by Gasteiger charge is -2.17. The minimum atomic E-state index is -3.88. The lowest BCUT2D eigenvalue weighted by atomic mass is 10.1. The number of anilines is 1. The molecule has 0 unspecified atom stereocenters. The van der Waals surface area contributed by atoms with Gasteiger partial charge in [-0.05, 0) is 57.4 Å². The number of halogens is 1. The van der Waals surface area contributed by atoms with E-state index in [1.54, 1.807) is 13.8 Å². The molecule has 0 radical (unpaired) electrons. The smallest absolute Gasteiger partial charge is 0.341 e. The van der Waals surface area contributed by atoms with Crippen LogP contribution in [0.25, 0.3) is 0 Å². The highest BCUT2D eigenvalue weighted by molar-refractivity contribution is 7.89. The molecule has 0 saturated carbocycles. The van der Waals surface area contributed by atoms with E-state index in [1.165, 1.54) is 23.4 Å². The Balaban J connectivity index is 1.73. The number of carbonyl (C=O) groups is 4. The molecule has 1 amide bonds. The number of thiophene rings is 1. The van der Waals surface area contributed by atoms with Gasteiger partial charge in [0.2, 0.25) is 10.0 Å². The standard InChI is InChI=1S/C23H25ClN2O8S2/c1-4-33-23(30)19-13(2)20(14(3)27)35-21(19)25-18(28)12-34-22(29)15-7-8-16(24)17(11-15)36(31,32)26-9-5-6-10-26/h7-8,11H,4-6,9-10,12H2,1-3H3,(H,25,28). The number of benzene rings is 1. The van der Waals surface area contributed by atoms with Gasteiger partial charge in [-0.2, -0.15) is 4.31 Å². The Labute approximate surface area is 217 Å². The van der Waals surface area contributed by atoms with Crippen LogP contribution in [0.5, 0.6) is 0 Å². The Morgan fingerprint density at radius 2 is 1.78 bits per heavy atom. The molecule has 0 bridgehead atoms. The summed E-state index contributed by atoms with van der Waals surface area (Å²) in [4.78, 5) is 49.4. The number of hydrogen-bond donors (Lipinski definition) is 1. The van der Waals surface area contributed by atoms with Crippen LogP contribution in [-0.4, -0.2) is 62.7 Å². The number of rotatable bonds is 9. The summed E-state index contributed by atoms with van der Waals surface area (Å²) >= 11 is 7.02. The van der Waals surface area contributed by atoms with Gasteiger partial charge >= 0.3 is 11.9 Å². The number of esters is 2. The first-order chi connectivity index (χ1) is 17.0. The van der Waals surface area contributed by atoms with Crippen molar-refractivity contribution in [3.8, 4) is 0 Å². The predicted octanol–water partition coefficient (Wildman–Crippen LogP) is 3.67. The Bertz CT molecular complexity index is 1310. The average Bonchev–Trinajstić information content (AvgIpc) is 3.47. The molecule has 1 aromatic heterocycles. The van der Waals surface area contributed by atoms with Crippen molar-refractivity contribution in [2.45, 2.75) is 38.5 Å². The fourth-order valence-corrected chi connectivity index (χ4v) is 6.78. The maximum absolute atomic E-state index is 12.9. The van der Waals surface area contributed by atoms with Crippen LogP contribution in [-0.2, 0) is 24.3 Å². The zero-order valence-electron chi connectivity index (χ0n) is 19.9. The van der Waals surface area contributed by atoms with Gasteiger partial charge in [-0.15, -0.1) is 11.3 Å². The van der Waals surface area contributed by atoms with Crippen LogP contribution in [0.2, 0.25) is 5.02 Å². The summed E-state index contributed by atoms with van der Waals surface area (Å²) in [5.41, 5.74) is 0.343. The average molecular weight is 557 g/mol. The molecule has 2 heterocycles. The third-order valence-electron chi connectivity index (χ3n) is 5.38. The van der Waals surface area contributed by atoms with Gasteiger partial charge < -0.3 is 14.8 Å². The highest BCUT2D eigenvalue weighted by Gasteiger charge is 2.30. The van der Waals surface area contributed by atoms with E-state index >= 15 is 0 Å². The summed E-state index contributed by atoms with van der Waals surface area (Å²) < 4.78 is 37.1. The first-order valence-electron chi connectivity index (χ1n) is 11.1. The summed E-state index contributed by atoms with van der Waals surface area (Å²) in [5, 5.41) is 2.55. The lowest BCUT2D eigenvalue weighted by Crippen LogP contribution is -2.28.